The summed E-state index contributed by atoms with van der Waals surface area (Å²) in [5.41, 5.74) is 0.612. The van der Waals surface area contributed by atoms with Crippen LogP contribution in [0.3, 0.4) is 0 Å². The first-order valence-electron chi connectivity index (χ1n) is 12.4. The average Bonchev–Trinajstić information content (AvgIpc) is 3.28. The molecule has 2 aliphatic heterocycles. The van der Waals surface area contributed by atoms with Crippen LogP contribution in [0.2, 0.25) is 0 Å². The Bertz CT molecular complexity index is 1100. The van der Waals surface area contributed by atoms with Crippen LogP contribution >= 0.6 is 0 Å². The van der Waals surface area contributed by atoms with Crippen LogP contribution in [-0.2, 0) is 22.6 Å². The van der Waals surface area contributed by atoms with Crippen LogP contribution in [0.25, 0.3) is 0 Å². The molecule has 2 fully saturated rings. The van der Waals surface area contributed by atoms with Crippen molar-refractivity contribution in [2.75, 3.05) is 23.8 Å². The first-order valence-corrected chi connectivity index (χ1v) is 12.4. The van der Waals surface area contributed by atoms with Gasteiger partial charge >= 0.3 is 5.69 Å². The van der Waals surface area contributed by atoms with Crippen LogP contribution < -0.4 is 26.6 Å². The Balaban J connectivity index is 1.27. The monoisotopic (exact) mass is 471 g/mol. The van der Waals surface area contributed by atoms with Crippen LogP contribution in [0.5, 0.6) is 5.88 Å². The van der Waals surface area contributed by atoms with Crippen molar-refractivity contribution in [2.45, 2.75) is 83.5 Å². The van der Waals surface area contributed by atoms with Crippen molar-refractivity contribution in [1.82, 2.24) is 14.1 Å². The number of rotatable bonds is 9. The predicted octanol–water partition coefficient (Wildman–Crippen LogP) is 2.83. The van der Waals surface area contributed by atoms with Gasteiger partial charge in [0.25, 0.3) is 5.56 Å². The van der Waals surface area contributed by atoms with Crippen LogP contribution in [0.4, 0.5) is 11.5 Å². The summed E-state index contributed by atoms with van der Waals surface area (Å²) in [6, 6.07) is 3.77. The number of aromatic nitrogens is 3. The highest BCUT2D eigenvalue weighted by atomic mass is 16.7. The quantitative estimate of drug-likeness (QED) is 0.538. The molecule has 2 N–H and O–H groups in total. The Morgan fingerprint density at radius 1 is 1.12 bits per heavy atom. The van der Waals surface area contributed by atoms with E-state index in [0.717, 1.165) is 44.3 Å². The smallest absolute Gasteiger partial charge is 0.332 e. The fourth-order valence-corrected chi connectivity index (χ4v) is 4.53. The third-order valence-electron chi connectivity index (χ3n) is 6.71. The summed E-state index contributed by atoms with van der Waals surface area (Å²) in [5.74, 6) is 1.12. The number of nitrogens with zero attached hydrogens (tertiary/aromatic N) is 3. The summed E-state index contributed by atoms with van der Waals surface area (Å²) in [5, 5.41) is 6.54. The second-order valence-electron chi connectivity index (χ2n) is 9.05. The molecule has 2 aromatic rings. The molecule has 0 radical (unpaired) electrons. The highest BCUT2D eigenvalue weighted by Gasteiger charge is 2.29. The number of anilines is 2. The van der Waals surface area contributed by atoms with Crippen molar-refractivity contribution in [3.05, 3.63) is 44.7 Å². The zero-order valence-corrected chi connectivity index (χ0v) is 19.6. The Hall–Kier alpha value is -2.85. The Kier molecular flexibility index (Phi) is 6.87. The van der Waals surface area contributed by atoms with Crippen LogP contribution in [0.1, 0.15) is 63.6 Å². The summed E-state index contributed by atoms with van der Waals surface area (Å²) in [6.45, 7) is 3.79. The van der Waals surface area contributed by atoms with Gasteiger partial charge in [0.1, 0.15) is 23.8 Å². The number of nitrogens with one attached hydrogen (secondary N) is 2. The minimum Gasteiger partial charge on any atom is -0.474 e. The van der Waals surface area contributed by atoms with Gasteiger partial charge in [0.05, 0.1) is 6.61 Å². The van der Waals surface area contributed by atoms with Crippen LogP contribution in [-0.4, -0.2) is 39.7 Å². The lowest BCUT2D eigenvalue weighted by Gasteiger charge is -2.25. The largest absolute Gasteiger partial charge is 0.474 e. The molecule has 184 valence electrons. The van der Waals surface area contributed by atoms with Gasteiger partial charge in [-0.15, -0.1) is 0 Å². The number of hydrogen-bond acceptors (Lipinski definition) is 8. The minimum atomic E-state index is -0.354. The van der Waals surface area contributed by atoms with Gasteiger partial charge in [0.2, 0.25) is 5.88 Å². The van der Waals surface area contributed by atoms with E-state index in [1.807, 2.05) is 19.1 Å². The molecule has 2 aromatic heterocycles. The van der Waals surface area contributed by atoms with Gasteiger partial charge in [-0.25, -0.2) is 9.78 Å². The zero-order valence-electron chi connectivity index (χ0n) is 19.6. The molecular weight excluding hydrogens is 438 g/mol. The van der Waals surface area contributed by atoms with E-state index in [-0.39, 0.29) is 29.8 Å². The van der Waals surface area contributed by atoms with E-state index in [2.05, 4.69) is 15.6 Å². The molecule has 2 unspecified atom stereocenters. The van der Waals surface area contributed by atoms with Gasteiger partial charge in [0.15, 0.2) is 6.29 Å². The molecular formula is C24H33N5O5. The molecule has 2 atom stereocenters. The highest BCUT2D eigenvalue weighted by molar-refractivity contribution is 5.70. The summed E-state index contributed by atoms with van der Waals surface area (Å²) < 4.78 is 20.1. The third kappa shape index (κ3) is 4.69. The number of ether oxygens (including phenoxy) is 3. The van der Waals surface area contributed by atoms with Gasteiger partial charge in [-0.2, -0.15) is 0 Å². The second kappa shape index (κ2) is 10.2. The lowest BCUT2D eigenvalue weighted by atomic mass is 9.96. The van der Waals surface area contributed by atoms with E-state index in [4.69, 9.17) is 14.2 Å². The van der Waals surface area contributed by atoms with Crippen molar-refractivity contribution in [3.63, 3.8) is 0 Å². The van der Waals surface area contributed by atoms with E-state index in [9.17, 15) is 9.59 Å². The maximum atomic E-state index is 13.2. The highest BCUT2D eigenvalue weighted by Crippen LogP contribution is 2.32. The maximum Gasteiger partial charge on any atom is 0.332 e. The maximum absolute atomic E-state index is 13.2. The summed E-state index contributed by atoms with van der Waals surface area (Å²) in [7, 11) is 0. The molecule has 34 heavy (non-hydrogen) atoms. The predicted molar refractivity (Wildman–Crippen MR) is 127 cm³/mol. The molecule has 3 aliphatic rings. The van der Waals surface area contributed by atoms with Crippen LogP contribution in [0.15, 0.2) is 27.9 Å². The number of hydrogen-bond donors (Lipinski definition) is 2. The molecule has 0 amide bonds. The molecule has 0 spiro atoms. The Morgan fingerprint density at radius 3 is 2.68 bits per heavy atom. The third-order valence-corrected chi connectivity index (χ3v) is 6.71. The first kappa shape index (κ1) is 22.9. The topological polar surface area (TPSA) is 109 Å². The molecule has 5 rings (SSSR count). The van der Waals surface area contributed by atoms with Crippen molar-refractivity contribution >= 4 is 11.5 Å². The van der Waals surface area contributed by atoms with E-state index < -0.39 is 0 Å². The van der Waals surface area contributed by atoms with Gasteiger partial charge in [-0.1, -0.05) is 0 Å². The number of fused-ring (bicyclic) bond motifs is 1. The minimum absolute atomic E-state index is 0.177. The molecule has 0 aromatic carbocycles. The molecule has 4 heterocycles. The van der Waals surface area contributed by atoms with Gasteiger partial charge in [0, 0.05) is 37.5 Å². The fourth-order valence-electron chi connectivity index (χ4n) is 4.53. The van der Waals surface area contributed by atoms with E-state index in [0.29, 0.717) is 43.5 Å². The van der Waals surface area contributed by atoms with Gasteiger partial charge < -0.3 is 24.8 Å². The fraction of sp³-hybridized carbons (Fsp3) is 0.625. The number of pyridine rings is 1. The van der Waals surface area contributed by atoms with E-state index in [1.54, 1.807) is 10.8 Å². The molecule has 1 saturated carbocycles. The SMILES string of the molecule is CCn1c2c(c(=O)n(CCCOC3CCCCO3)c1=O)NC(c1ccc(OC3CCC3)nc1)N2. The van der Waals surface area contributed by atoms with E-state index in [1.165, 1.54) is 11.0 Å². The molecule has 1 aliphatic carbocycles. The van der Waals surface area contributed by atoms with Crippen LogP contribution in [0, 0.1) is 0 Å². The summed E-state index contributed by atoms with van der Waals surface area (Å²) in [4.78, 5) is 30.7. The average molecular weight is 472 g/mol. The van der Waals surface area contributed by atoms with Crippen molar-refractivity contribution < 1.29 is 14.2 Å². The molecule has 10 nitrogen and oxygen atoms in total. The standard InChI is InChI=1S/C24H33N5O5/c1-2-28-22-20(23(30)29(24(28)31)12-6-14-33-19-9-3-4-13-32-19)26-21(27-22)16-10-11-18(25-15-16)34-17-7-5-8-17/h10-11,15,17,19,21,26-27H,2-9,12-14H2,1H3. The zero-order chi connectivity index (χ0) is 23.5. The molecule has 10 heteroatoms. The Morgan fingerprint density at radius 2 is 2.00 bits per heavy atom. The normalized spacial score (nSPS) is 21.9. The van der Waals surface area contributed by atoms with Crippen molar-refractivity contribution in [3.8, 4) is 5.88 Å². The van der Waals surface area contributed by atoms with Crippen molar-refractivity contribution in [1.29, 1.82) is 0 Å². The summed E-state index contributed by atoms with van der Waals surface area (Å²) in [6.07, 6.45) is 8.44. The van der Waals surface area contributed by atoms with Gasteiger partial charge in [-0.3, -0.25) is 13.9 Å². The molecule has 1 saturated heterocycles. The Labute approximate surface area is 198 Å². The summed E-state index contributed by atoms with van der Waals surface area (Å²) >= 11 is 0. The molecule has 0 bridgehead atoms. The first-order chi connectivity index (χ1) is 16.6. The lowest BCUT2D eigenvalue weighted by molar-refractivity contribution is -0.163. The lowest BCUT2D eigenvalue weighted by Crippen LogP contribution is -2.40. The van der Waals surface area contributed by atoms with Crippen molar-refractivity contribution in [2.24, 2.45) is 0 Å². The second-order valence-corrected chi connectivity index (χ2v) is 9.05. The van der Waals surface area contributed by atoms with Gasteiger partial charge in [-0.05, 0) is 57.9 Å². The van der Waals surface area contributed by atoms with E-state index >= 15 is 0 Å².